The van der Waals surface area contributed by atoms with E-state index in [1.54, 1.807) is 24.5 Å². The van der Waals surface area contributed by atoms with Gasteiger partial charge in [0.05, 0.1) is 12.0 Å². The normalized spacial score (nSPS) is 27.4. The van der Waals surface area contributed by atoms with Crippen molar-refractivity contribution in [2.75, 3.05) is 6.54 Å². The van der Waals surface area contributed by atoms with Crippen LogP contribution >= 0.6 is 0 Å². The van der Waals surface area contributed by atoms with Crippen LogP contribution in [0.5, 0.6) is 0 Å². The number of pyridine rings is 1. The lowest BCUT2D eigenvalue weighted by Gasteiger charge is -2.33. The quantitative estimate of drug-likeness (QED) is 0.702. The van der Waals surface area contributed by atoms with Crippen molar-refractivity contribution < 1.29 is 14.4 Å². The summed E-state index contributed by atoms with van der Waals surface area (Å²) in [5.41, 5.74) is 1.45. The number of fused-ring (bicyclic) bond motifs is 2. The number of aromatic nitrogens is 1. The summed E-state index contributed by atoms with van der Waals surface area (Å²) in [6.07, 6.45) is 6.71. The molecule has 0 radical (unpaired) electrons. The molecule has 0 unspecified atom stereocenters. The Morgan fingerprint density at radius 3 is 2.58 bits per heavy atom. The van der Waals surface area contributed by atoms with Gasteiger partial charge in [-0.25, -0.2) is 0 Å². The fourth-order valence-corrected chi connectivity index (χ4v) is 5.78. The van der Waals surface area contributed by atoms with Crippen LogP contribution in [0.1, 0.15) is 48.8 Å². The third-order valence-electron chi connectivity index (χ3n) is 7.34. The average Bonchev–Trinajstić information content (AvgIpc) is 3.46. The van der Waals surface area contributed by atoms with Gasteiger partial charge < -0.3 is 4.90 Å². The molecule has 1 aliphatic carbocycles. The highest BCUT2D eigenvalue weighted by Gasteiger charge is 2.55. The SMILES string of the molecule is Cc1ccccc1[C@]1(CC(=O)N2C[C@H]3CC[C@H]2C3)CC(=O)N(Cc2ccncc2)C1=O. The van der Waals surface area contributed by atoms with Crippen LogP contribution in [0, 0.1) is 12.8 Å². The predicted octanol–water partition coefficient (Wildman–Crippen LogP) is 2.99. The molecule has 5 rings (SSSR count). The maximum absolute atomic E-state index is 13.8. The minimum atomic E-state index is -1.13. The van der Waals surface area contributed by atoms with E-state index in [4.69, 9.17) is 0 Å². The van der Waals surface area contributed by atoms with Gasteiger partial charge in [-0.2, -0.15) is 0 Å². The van der Waals surface area contributed by atoms with Crippen molar-refractivity contribution in [1.29, 1.82) is 0 Å². The first-order chi connectivity index (χ1) is 15.0. The summed E-state index contributed by atoms with van der Waals surface area (Å²) in [6, 6.07) is 11.6. The highest BCUT2D eigenvalue weighted by atomic mass is 16.2. The van der Waals surface area contributed by atoms with Gasteiger partial charge in [0.1, 0.15) is 0 Å². The number of carbonyl (C=O) groups excluding carboxylic acids is 3. The molecule has 0 spiro atoms. The van der Waals surface area contributed by atoms with Gasteiger partial charge >= 0.3 is 0 Å². The summed E-state index contributed by atoms with van der Waals surface area (Å²) in [7, 11) is 0. The van der Waals surface area contributed by atoms with E-state index in [2.05, 4.69) is 4.98 Å². The summed E-state index contributed by atoms with van der Waals surface area (Å²) < 4.78 is 0. The molecule has 31 heavy (non-hydrogen) atoms. The Balaban J connectivity index is 1.49. The summed E-state index contributed by atoms with van der Waals surface area (Å²) in [5, 5.41) is 0. The molecule has 6 heteroatoms. The molecule has 160 valence electrons. The fraction of sp³-hybridized carbons (Fsp3) is 0.440. The van der Waals surface area contributed by atoms with Crippen LogP contribution in [0.15, 0.2) is 48.8 Å². The van der Waals surface area contributed by atoms with E-state index in [1.807, 2.05) is 36.1 Å². The van der Waals surface area contributed by atoms with Gasteiger partial charge in [0, 0.05) is 37.8 Å². The topological polar surface area (TPSA) is 70.6 Å². The molecule has 0 N–H and O–H groups in total. The number of rotatable bonds is 5. The molecule has 3 aliphatic rings. The Kier molecular flexibility index (Phi) is 4.88. The van der Waals surface area contributed by atoms with Crippen LogP contribution in [-0.2, 0) is 26.3 Å². The molecule has 2 saturated heterocycles. The first-order valence-electron chi connectivity index (χ1n) is 11.1. The lowest BCUT2D eigenvalue weighted by molar-refractivity contribution is -0.143. The smallest absolute Gasteiger partial charge is 0.241 e. The molecule has 1 aromatic heterocycles. The Morgan fingerprint density at radius 2 is 1.90 bits per heavy atom. The zero-order valence-corrected chi connectivity index (χ0v) is 17.8. The largest absolute Gasteiger partial charge is 0.339 e. The van der Waals surface area contributed by atoms with Crippen molar-refractivity contribution in [3.63, 3.8) is 0 Å². The highest BCUT2D eigenvalue weighted by Crippen LogP contribution is 2.44. The Labute approximate surface area is 182 Å². The van der Waals surface area contributed by atoms with Crippen molar-refractivity contribution >= 4 is 17.7 Å². The first kappa shape index (κ1) is 19.9. The van der Waals surface area contributed by atoms with Gasteiger partial charge in [0.2, 0.25) is 17.7 Å². The maximum Gasteiger partial charge on any atom is 0.241 e. The van der Waals surface area contributed by atoms with Gasteiger partial charge in [-0.15, -0.1) is 0 Å². The number of imide groups is 1. The van der Waals surface area contributed by atoms with Crippen molar-refractivity contribution in [3.8, 4) is 0 Å². The zero-order valence-electron chi connectivity index (χ0n) is 17.8. The van der Waals surface area contributed by atoms with Crippen LogP contribution in [0.25, 0.3) is 0 Å². The number of amides is 3. The Morgan fingerprint density at radius 1 is 1.13 bits per heavy atom. The summed E-state index contributed by atoms with van der Waals surface area (Å²) in [4.78, 5) is 47.6. The Bertz CT molecular complexity index is 1040. The molecular formula is C25H27N3O3. The molecular weight excluding hydrogens is 390 g/mol. The number of hydrogen-bond acceptors (Lipinski definition) is 4. The number of likely N-dealkylation sites (tertiary alicyclic amines) is 2. The maximum atomic E-state index is 13.8. The zero-order chi connectivity index (χ0) is 21.6. The lowest BCUT2D eigenvalue weighted by atomic mass is 9.73. The lowest BCUT2D eigenvalue weighted by Crippen LogP contribution is -2.45. The molecule has 1 saturated carbocycles. The van der Waals surface area contributed by atoms with E-state index in [9.17, 15) is 14.4 Å². The second-order valence-corrected chi connectivity index (χ2v) is 9.27. The van der Waals surface area contributed by atoms with Crippen LogP contribution in [0.2, 0.25) is 0 Å². The number of carbonyl (C=O) groups is 3. The molecule has 3 atom stereocenters. The van der Waals surface area contributed by atoms with Gasteiger partial charge in [-0.3, -0.25) is 24.3 Å². The number of nitrogens with zero attached hydrogens (tertiary/aromatic N) is 3. The van der Waals surface area contributed by atoms with Crippen LogP contribution in [0.4, 0.5) is 0 Å². The molecule has 3 amide bonds. The third kappa shape index (κ3) is 3.34. The molecule has 1 aromatic carbocycles. The van der Waals surface area contributed by atoms with Crippen molar-refractivity contribution in [3.05, 3.63) is 65.5 Å². The molecule has 2 aromatic rings. The van der Waals surface area contributed by atoms with E-state index < -0.39 is 5.41 Å². The van der Waals surface area contributed by atoms with E-state index in [0.717, 1.165) is 36.1 Å². The number of piperidine rings is 1. The van der Waals surface area contributed by atoms with Crippen molar-refractivity contribution in [2.24, 2.45) is 5.92 Å². The number of aryl methyl sites for hydroxylation is 1. The van der Waals surface area contributed by atoms with E-state index in [1.165, 1.54) is 11.3 Å². The van der Waals surface area contributed by atoms with E-state index in [0.29, 0.717) is 12.0 Å². The standard InChI is InChI=1S/C25H27N3O3/c1-17-4-2-3-5-21(17)25(13-22(29)27-16-19-6-7-20(27)12-19)14-23(30)28(24(25)31)15-18-8-10-26-11-9-18/h2-5,8-11,19-20H,6-7,12-16H2,1H3/t19-,20-,25-/m0/s1. The molecule has 2 aliphatic heterocycles. The van der Waals surface area contributed by atoms with Gasteiger partial charge in [0.25, 0.3) is 0 Å². The van der Waals surface area contributed by atoms with Crippen LogP contribution in [0.3, 0.4) is 0 Å². The summed E-state index contributed by atoms with van der Waals surface area (Å²) in [6.45, 7) is 2.94. The first-order valence-corrected chi connectivity index (χ1v) is 11.1. The third-order valence-corrected chi connectivity index (χ3v) is 7.34. The number of benzene rings is 1. The second kappa shape index (κ2) is 7.59. The van der Waals surface area contributed by atoms with Gasteiger partial charge in [-0.1, -0.05) is 24.3 Å². The second-order valence-electron chi connectivity index (χ2n) is 9.27. The summed E-state index contributed by atoms with van der Waals surface area (Å²) >= 11 is 0. The molecule has 3 fully saturated rings. The van der Waals surface area contributed by atoms with Crippen molar-refractivity contribution in [2.45, 2.75) is 57.0 Å². The number of hydrogen-bond donors (Lipinski definition) is 0. The average molecular weight is 418 g/mol. The molecule has 6 nitrogen and oxygen atoms in total. The van der Waals surface area contributed by atoms with E-state index in [-0.39, 0.29) is 37.1 Å². The van der Waals surface area contributed by atoms with Gasteiger partial charge in [0.15, 0.2) is 0 Å². The Hall–Kier alpha value is -3.02. The van der Waals surface area contributed by atoms with Crippen molar-refractivity contribution in [1.82, 2.24) is 14.8 Å². The van der Waals surface area contributed by atoms with E-state index >= 15 is 0 Å². The molecule has 3 heterocycles. The van der Waals surface area contributed by atoms with Gasteiger partial charge in [-0.05, 0) is 60.9 Å². The predicted molar refractivity (Wildman–Crippen MR) is 115 cm³/mol. The fourth-order valence-electron chi connectivity index (χ4n) is 5.78. The minimum Gasteiger partial charge on any atom is -0.339 e. The van der Waals surface area contributed by atoms with Crippen LogP contribution < -0.4 is 0 Å². The summed E-state index contributed by atoms with van der Waals surface area (Å²) in [5.74, 6) is 0.108. The molecule has 2 bridgehead atoms. The minimum absolute atomic E-state index is 0.00219. The monoisotopic (exact) mass is 417 g/mol. The van der Waals surface area contributed by atoms with Crippen LogP contribution in [-0.4, -0.2) is 45.1 Å². The highest BCUT2D eigenvalue weighted by molar-refractivity contribution is 6.10.